The van der Waals surface area contributed by atoms with Gasteiger partial charge in [-0.25, -0.2) is 9.59 Å². The molecule has 5 heteroatoms. The number of likely N-dealkylation sites (tertiary alicyclic amines) is 1. The number of esters is 1. The molecule has 1 fully saturated rings. The van der Waals surface area contributed by atoms with Gasteiger partial charge in [0.15, 0.2) is 0 Å². The van der Waals surface area contributed by atoms with Crippen molar-refractivity contribution in [2.75, 3.05) is 13.7 Å². The summed E-state index contributed by atoms with van der Waals surface area (Å²) in [5, 5.41) is 0. The van der Waals surface area contributed by atoms with E-state index in [1.165, 1.54) is 12.0 Å². The Morgan fingerprint density at radius 3 is 2.39 bits per heavy atom. The van der Waals surface area contributed by atoms with E-state index in [0.29, 0.717) is 19.4 Å². The lowest BCUT2D eigenvalue weighted by molar-refractivity contribution is -0.153. The van der Waals surface area contributed by atoms with Gasteiger partial charge in [0, 0.05) is 6.54 Å². The van der Waals surface area contributed by atoms with Crippen LogP contribution in [0, 0.1) is 0 Å². The molecule has 104 valence electrons. The van der Waals surface area contributed by atoms with Crippen LogP contribution < -0.4 is 0 Å². The normalized spacial score (nSPS) is 23.9. The maximum absolute atomic E-state index is 12.2. The molecule has 0 spiro atoms. The van der Waals surface area contributed by atoms with Gasteiger partial charge in [-0.3, -0.25) is 4.90 Å². The minimum absolute atomic E-state index is 0.353. The van der Waals surface area contributed by atoms with Gasteiger partial charge in [0.05, 0.1) is 7.11 Å². The van der Waals surface area contributed by atoms with Gasteiger partial charge < -0.3 is 9.47 Å². The summed E-state index contributed by atoms with van der Waals surface area (Å²) in [6.07, 6.45) is 1.53. The molecule has 1 amide bonds. The Kier molecular flexibility index (Phi) is 4.24. The average molecular weight is 257 g/mol. The van der Waals surface area contributed by atoms with Crippen LogP contribution in [-0.2, 0) is 14.3 Å². The second-order valence-corrected chi connectivity index (χ2v) is 5.61. The predicted octanol–water partition coefficient (Wildman–Crippen LogP) is 2.34. The van der Waals surface area contributed by atoms with Crippen LogP contribution in [0.1, 0.15) is 47.0 Å². The third-order valence-electron chi connectivity index (χ3n) is 3.25. The summed E-state index contributed by atoms with van der Waals surface area (Å²) in [7, 11) is 1.35. The number of carbonyl (C=O) groups is 2. The smallest absolute Gasteiger partial charge is 0.411 e. The van der Waals surface area contributed by atoms with Crippen molar-refractivity contribution in [2.45, 2.75) is 58.1 Å². The van der Waals surface area contributed by atoms with Crippen LogP contribution in [-0.4, -0.2) is 41.8 Å². The molecule has 1 atom stereocenters. The van der Waals surface area contributed by atoms with E-state index < -0.39 is 17.2 Å². The van der Waals surface area contributed by atoms with Crippen molar-refractivity contribution in [3.05, 3.63) is 0 Å². The molecule has 1 saturated heterocycles. The molecular weight excluding hydrogens is 234 g/mol. The fourth-order valence-electron chi connectivity index (χ4n) is 2.38. The van der Waals surface area contributed by atoms with Crippen LogP contribution in [0.5, 0.6) is 0 Å². The van der Waals surface area contributed by atoms with E-state index in [2.05, 4.69) is 0 Å². The highest BCUT2D eigenvalue weighted by molar-refractivity contribution is 5.86. The molecule has 0 radical (unpaired) electrons. The lowest BCUT2D eigenvalue weighted by Crippen LogP contribution is -2.54. The topological polar surface area (TPSA) is 55.8 Å². The molecule has 1 aliphatic heterocycles. The molecule has 18 heavy (non-hydrogen) atoms. The first kappa shape index (κ1) is 14.8. The minimum atomic E-state index is -0.850. The van der Waals surface area contributed by atoms with Gasteiger partial charge in [0.1, 0.15) is 11.1 Å². The maximum Gasteiger partial charge on any atom is 0.411 e. The third-order valence-corrected chi connectivity index (χ3v) is 3.25. The van der Waals surface area contributed by atoms with Gasteiger partial charge in [-0.05, 0) is 40.0 Å². The van der Waals surface area contributed by atoms with E-state index in [-0.39, 0.29) is 5.97 Å². The summed E-state index contributed by atoms with van der Waals surface area (Å²) in [6.45, 7) is 7.86. The predicted molar refractivity (Wildman–Crippen MR) is 67.2 cm³/mol. The molecule has 5 nitrogen and oxygen atoms in total. The lowest BCUT2D eigenvalue weighted by atomic mass is 9.93. The number of hydrogen-bond donors (Lipinski definition) is 0. The molecule has 0 N–H and O–H groups in total. The second-order valence-electron chi connectivity index (χ2n) is 5.61. The molecule has 0 aromatic carbocycles. The molecular formula is C13H23NO4. The number of hydrogen-bond acceptors (Lipinski definition) is 4. The molecule has 0 aromatic heterocycles. The molecule has 0 aromatic rings. The van der Waals surface area contributed by atoms with Crippen LogP contribution in [0.4, 0.5) is 4.79 Å². The zero-order valence-corrected chi connectivity index (χ0v) is 11.9. The molecule has 0 bridgehead atoms. The van der Waals surface area contributed by atoms with Gasteiger partial charge in [-0.1, -0.05) is 6.92 Å². The monoisotopic (exact) mass is 257 g/mol. The summed E-state index contributed by atoms with van der Waals surface area (Å²) < 4.78 is 10.2. The minimum Gasteiger partial charge on any atom is -0.467 e. The largest absolute Gasteiger partial charge is 0.467 e. The van der Waals surface area contributed by atoms with E-state index in [0.717, 1.165) is 6.42 Å². The number of methoxy groups -OCH3 is 1. The zero-order valence-electron chi connectivity index (χ0n) is 11.9. The Labute approximate surface area is 108 Å². The van der Waals surface area contributed by atoms with Crippen molar-refractivity contribution < 1.29 is 19.1 Å². The van der Waals surface area contributed by atoms with Gasteiger partial charge in [-0.15, -0.1) is 0 Å². The molecule has 1 aliphatic rings. The lowest BCUT2D eigenvalue weighted by Gasteiger charge is -2.36. The van der Waals surface area contributed by atoms with E-state index in [4.69, 9.17) is 9.47 Å². The summed E-state index contributed by atoms with van der Waals surface area (Å²) in [5.41, 5.74) is -1.41. The van der Waals surface area contributed by atoms with Crippen LogP contribution in [0.2, 0.25) is 0 Å². The Hall–Kier alpha value is -1.26. The molecule has 1 heterocycles. The summed E-state index contributed by atoms with van der Waals surface area (Å²) in [5.74, 6) is -0.353. The van der Waals surface area contributed by atoms with Crippen molar-refractivity contribution in [1.82, 2.24) is 4.90 Å². The standard InChI is InChI=1S/C13H23NO4/c1-6-13(10(15)17-5)8-7-9-14(13)11(16)18-12(2,3)4/h6-9H2,1-5H3. The van der Waals surface area contributed by atoms with Crippen LogP contribution >= 0.6 is 0 Å². The second kappa shape index (κ2) is 5.16. The van der Waals surface area contributed by atoms with Crippen molar-refractivity contribution in [3.8, 4) is 0 Å². The van der Waals surface area contributed by atoms with Crippen molar-refractivity contribution >= 4 is 12.1 Å². The van der Waals surface area contributed by atoms with E-state index in [9.17, 15) is 9.59 Å². The van der Waals surface area contributed by atoms with Crippen molar-refractivity contribution in [2.24, 2.45) is 0 Å². The first-order valence-electron chi connectivity index (χ1n) is 6.36. The summed E-state index contributed by atoms with van der Waals surface area (Å²) in [6, 6.07) is 0. The zero-order chi connectivity index (χ0) is 14.0. The van der Waals surface area contributed by atoms with Crippen LogP contribution in [0.15, 0.2) is 0 Å². The fourth-order valence-corrected chi connectivity index (χ4v) is 2.38. The van der Waals surface area contributed by atoms with Gasteiger partial charge in [0.2, 0.25) is 0 Å². The van der Waals surface area contributed by atoms with E-state index >= 15 is 0 Å². The molecule has 1 rings (SSSR count). The Bertz CT molecular complexity index is 334. The highest BCUT2D eigenvalue weighted by Gasteiger charge is 2.50. The SMILES string of the molecule is CCC1(C(=O)OC)CCCN1C(=O)OC(C)(C)C. The highest BCUT2D eigenvalue weighted by atomic mass is 16.6. The fraction of sp³-hybridized carbons (Fsp3) is 0.846. The van der Waals surface area contributed by atoms with Crippen LogP contribution in [0.3, 0.4) is 0 Å². The van der Waals surface area contributed by atoms with Gasteiger partial charge >= 0.3 is 12.1 Å². The quantitative estimate of drug-likeness (QED) is 0.712. The van der Waals surface area contributed by atoms with Crippen molar-refractivity contribution in [1.29, 1.82) is 0 Å². The third kappa shape index (κ3) is 2.76. The molecule has 0 aliphatic carbocycles. The Balaban J connectivity index is 2.93. The number of nitrogens with zero attached hydrogens (tertiary/aromatic N) is 1. The molecule has 1 unspecified atom stereocenters. The summed E-state index contributed by atoms with van der Waals surface area (Å²) in [4.78, 5) is 25.6. The first-order chi connectivity index (χ1) is 8.27. The number of carbonyl (C=O) groups excluding carboxylic acids is 2. The average Bonchev–Trinajstić information content (AvgIpc) is 2.70. The maximum atomic E-state index is 12.2. The van der Waals surface area contributed by atoms with Gasteiger partial charge in [-0.2, -0.15) is 0 Å². The Morgan fingerprint density at radius 2 is 1.94 bits per heavy atom. The van der Waals surface area contributed by atoms with E-state index in [1.807, 2.05) is 27.7 Å². The summed E-state index contributed by atoms with van der Waals surface area (Å²) >= 11 is 0. The first-order valence-corrected chi connectivity index (χ1v) is 6.36. The highest BCUT2D eigenvalue weighted by Crippen LogP contribution is 2.34. The number of ether oxygens (including phenoxy) is 2. The van der Waals surface area contributed by atoms with Gasteiger partial charge in [0.25, 0.3) is 0 Å². The van der Waals surface area contributed by atoms with Crippen LogP contribution in [0.25, 0.3) is 0 Å². The number of rotatable bonds is 2. The van der Waals surface area contributed by atoms with Crippen molar-refractivity contribution in [3.63, 3.8) is 0 Å². The number of amides is 1. The van der Waals surface area contributed by atoms with E-state index in [1.54, 1.807) is 0 Å². The Morgan fingerprint density at radius 1 is 1.33 bits per heavy atom. The molecule has 0 saturated carbocycles.